The van der Waals surface area contributed by atoms with Crippen LogP contribution in [-0.2, 0) is 19.1 Å². The average Bonchev–Trinajstić information content (AvgIpc) is 3.45. The Labute approximate surface area is 217 Å². The van der Waals surface area contributed by atoms with Crippen LogP contribution in [0.2, 0.25) is 0 Å². The summed E-state index contributed by atoms with van der Waals surface area (Å²) in [5.74, 6) is 8.22. The molecule has 3 rings (SSSR count). The number of ether oxygens (including phenoxy) is 2. The number of carbonyl (C=O) groups excluding carboxylic acids is 2. The molecule has 0 spiro atoms. The summed E-state index contributed by atoms with van der Waals surface area (Å²) < 4.78 is 10.6. The number of fused-ring (bicyclic) bond motifs is 1. The van der Waals surface area contributed by atoms with Crippen LogP contribution in [0.25, 0.3) is 0 Å². The van der Waals surface area contributed by atoms with Gasteiger partial charge in [0, 0.05) is 18.4 Å². The van der Waals surface area contributed by atoms with Crippen molar-refractivity contribution in [2.75, 3.05) is 6.61 Å². The fraction of sp³-hybridized carbons (Fsp3) is 0.562. The molecule has 0 aromatic heterocycles. The first-order valence-electron chi connectivity index (χ1n) is 13.7. The summed E-state index contributed by atoms with van der Waals surface area (Å²) in [4.78, 5) is 24.8. The topological polar surface area (TPSA) is 52.6 Å². The van der Waals surface area contributed by atoms with Crippen molar-refractivity contribution in [2.45, 2.75) is 84.7 Å². The molecule has 5 unspecified atom stereocenters. The number of esters is 2. The Hall–Kier alpha value is -2.80. The van der Waals surface area contributed by atoms with Crippen molar-refractivity contribution in [3.05, 3.63) is 59.7 Å². The molecule has 0 bridgehead atoms. The van der Waals surface area contributed by atoms with Gasteiger partial charge >= 0.3 is 11.9 Å². The van der Waals surface area contributed by atoms with E-state index >= 15 is 0 Å². The van der Waals surface area contributed by atoms with Gasteiger partial charge in [0.2, 0.25) is 6.10 Å². The van der Waals surface area contributed by atoms with Crippen LogP contribution >= 0.6 is 0 Å². The molecule has 4 heteroatoms. The smallest absolute Gasteiger partial charge is 0.352 e. The zero-order valence-electron chi connectivity index (χ0n) is 22.2. The van der Waals surface area contributed by atoms with Crippen molar-refractivity contribution in [2.24, 2.45) is 23.7 Å². The van der Waals surface area contributed by atoms with Gasteiger partial charge in [0.05, 0.1) is 6.61 Å². The minimum absolute atomic E-state index is 0.249. The quantitative estimate of drug-likeness (QED) is 0.133. The predicted molar refractivity (Wildman–Crippen MR) is 144 cm³/mol. The summed E-state index contributed by atoms with van der Waals surface area (Å²) in [6, 6.07) is 9.06. The first-order chi connectivity index (χ1) is 17.5. The van der Waals surface area contributed by atoms with Gasteiger partial charge in [-0.3, -0.25) is 4.79 Å². The zero-order valence-corrected chi connectivity index (χ0v) is 22.2. The molecule has 5 atom stereocenters. The van der Waals surface area contributed by atoms with Crippen LogP contribution < -0.4 is 0 Å². The lowest BCUT2D eigenvalue weighted by Gasteiger charge is -2.16. The Morgan fingerprint density at radius 1 is 1.17 bits per heavy atom. The number of unbranched alkanes of at least 4 members (excludes halogenated alkanes) is 1. The van der Waals surface area contributed by atoms with E-state index in [9.17, 15) is 9.59 Å². The van der Waals surface area contributed by atoms with Crippen LogP contribution in [0.15, 0.2) is 54.1 Å². The molecule has 0 saturated heterocycles. The van der Waals surface area contributed by atoms with Gasteiger partial charge in [-0.05, 0) is 82.5 Å². The molecule has 0 heterocycles. The monoisotopic (exact) mass is 490 g/mol. The third-order valence-corrected chi connectivity index (χ3v) is 7.47. The highest BCUT2D eigenvalue weighted by Crippen LogP contribution is 2.50. The van der Waals surface area contributed by atoms with E-state index in [1.165, 1.54) is 25.7 Å². The van der Waals surface area contributed by atoms with Crippen molar-refractivity contribution in [3.8, 4) is 11.8 Å². The van der Waals surface area contributed by atoms with Gasteiger partial charge in [-0.25, -0.2) is 4.79 Å². The highest BCUT2D eigenvalue weighted by Gasteiger charge is 2.39. The van der Waals surface area contributed by atoms with E-state index in [1.807, 2.05) is 25.1 Å². The van der Waals surface area contributed by atoms with Crippen molar-refractivity contribution >= 4 is 11.9 Å². The zero-order chi connectivity index (χ0) is 25.8. The fourth-order valence-corrected chi connectivity index (χ4v) is 5.57. The number of allylic oxidation sites excluding steroid dienone is 4. The fourth-order valence-electron chi connectivity index (χ4n) is 5.57. The van der Waals surface area contributed by atoms with Crippen LogP contribution in [0.1, 0.15) is 90.2 Å². The second-order valence-corrected chi connectivity index (χ2v) is 10.3. The number of carbonyl (C=O) groups is 2. The van der Waals surface area contributed by atoms with Gasteiger partial charge in [-0.1, -0.05) is 61.1 Å². The Morgan fingerprint density at radius 3 is 2.72 bits per heavy atom. The first-order valence-corrected chi connectivity index (χ1v) is 13.7. The van der Waals surface area contributed by atoms with Gasteiger partial charge < -0.3 is 9.47 Å². The van der Waals surface area contributed by atoms with E-state index in [2.05, 4.69) is 37.0 Å². The molecule has 0 radical (unpaired) electrons. The van der Waals surface area contributed by atoms with Crippen LogP contribution in [0.3, 0.4) is 0 Å². The van der Waals surface area contributed by atoms with Crippen molar-refractivity contribution < 1.29 is 19.1 Å². The van der Waals surface area contributed by atoms with Gasteiger partial charge in [-0.15, -0.1) is 11.8 Å². The molecule has 1 aromatic carbocycles. The maximum Gasteiger partial charge on any atom is 0.352 e. The summed E-state index contributed by atoms with van der Waals surface area (Å²) in [5, 5.41) is 0. The van der Waals surface area contributed by atoms with E-state index in [0.29, 0.717) is 23.8 Å². The lowest BCUT2D eigenvalue weighted by molar-refractivity contribution is -0.168. The largest absolute Gasteiger partial charge is 0.463 e. The Balaban J connectivity index is 1.42. The molecule has 4 nitrogen and oxygen atoms in total. The van der Waals surface area contributed by atoms with Crippen LogP contribution in [0.4, 0.5) is 0 Å². The van der Waals surface area contributed by atoms with Gasteiger partial charge in [0.1, 0.15) is 0 Å². The molecule has 0 aliphatic heterocycles. The van der Waals surface area contributed by atoms with Crippen molar-refractivity contribution in [1.82, 2.24) is 0 Å². The standard InChI is InChI=1S/C32H42O4/c1-4-6-13-24(3)14-12-18-26-20-21-28-22-25(23-29(26)28)15-10-11-19-30(33)36-31(32(34)35-5-2)27-16-8-7-9-17-27/h7-9,12,15-18,24,26,28-29,31H,5,10-11,13-14,19-23H2,1-3H3/b18-12+,25-15+. The number of benzene rings is 1. The Morgan fingerprint density at radius 2 is 1.97 bits per heavy atom. The molecule has 0 amide bonds. The van der Waals surface area contributed by atoms with Crippen LogP contribution in [0, 0.1) is 35.5 Å². The predicted octanol–water partition coefficient (Wildman–Crippen LogP) is 7.36. The lowest BCUT2D eigenvalue weighted by atomic mass is 9.91. The normalized spacial score (nSPS) is 23.6. The van der Waals surface area contributed by atoms with E-state index in [0.717, 1.165) is 37.5 Å². The lowest BCUT2D eigenvalue weighted by Crippen LogP contribution is -2.22. The molecule has 0 N–H and O–H groups in total. The summed E-state index contributed by atoms with van der Waals surface area (Å²) >= 11 is 0. The molecular weight excluding hydrogens is 448 g/mol. The Bertz CT molecular complexity index is 965. The molecule has 2 aliphatic carbocycles. The molecule has 2 aliphatic rings. The SMILES string of the molecule is CC#CCC(C)C/C=C/C1CCC2C/C(=C\CCCC(=O)OC(C(=O)OCC)c3ccccc3)CC12. The number of hydrogen-bond donors (Lipinski definition) is 0. The minimum atomic E-state index is -1.00. The highest BCUT2D eigenvalue weighted by atomic mass is 16.6. The highest BCUT2D eigenvalue weighted by molar-refractivity contribution is 5.80. The molecule has 2 fully saturated rings. The first kappa shape index (κ1) is 27.8. The summed E-state index contributed by atoms with van der Waals surface area (Å²) in [6.45, 7) is 6.18. The van der Waals surface area contributed by atoms with Crippen molar-refractivity contribution in [3.63, 3.8) is 0 Å². The van der Waals surface area contributed by atoms with E-state index < -0.39 is 12.1 Å². The molecule has 36 heavy (non-hydrogen) atoms. The second-order valence-electron chi connectivity index (χ2n) is 10.3. The molecule has 194 valence electrons. The van der Waals surface area contributed by atoms with Crippen molar-refractivity contribution in [1.29, 1.82) is 0 Å². The minimum Gasteiger partial charge on any atom is -0.463 e. The summed E-state index contributed by atoms with van der Waals surface area (Å²) in [6.07, 6.45) is 15.2. The average molecular weight is 491 g/mol. The van der Waals surface area contributed by atoms with E-state index in [1.54, 1.807) is 24.6 Å². The maximum atomic E-state index is 12.5. The van der Waals surface area contributed by atoms with Crippen LogP contribution in [-0.4, -0.2) is 18.5 Å². The summed E-state index contributed by atoms with van der Waals surface area (Å²) in [5.41, 5.74) is 2.19. The summed E-state index contributed by atoms with van der Waals surface area (Å²) in [7, 11) is 0. The van der Waals surface area contributed by atoms with Gasteiger partial charge in [-0.2, -0.15) is 0 Å². The van der Waals surface area contributed by atoms with E-state index in [-0.39, 0.29) is 12.6 Å². The Kier molecular flexibility index (Phi) is 11.3. The van der Waals surface area contributed by atoms with Crippen LogP contribution in [0.5, 0.6) is 0 Å². The number of hydrogen-bond acceptors (Lipinski definition) is 4. The third-order valence-electron chi connectivity index (χ3n) is 7.47. The second kappa shape index (κ2) is 14.7. The maximum absolute atomic E-state index is 12.5. The molecular formula is C32H42O4. The third kappa shape index (κ3) is 8.40. The van der Waals surface area contributed by atoms with Gasteiger partial charge in [0.15, 0.2) is 0 Å². The molecule has 2 saturated carbocycles. The van der Waals surface area contributed by atoms with E-state index in [4.69, 9.17) is 9.47 Å². The number of rotatable bonds is 12. The molecule has 1 aromatic rings. The van der Waals surface area contributed by atoms with Gasteiger partial charge in [0.25, 0.3) is 0 Å².